The van der Waals surface area contributed by atoms with Gasteiger partial charge in [0.2, 0.25) is 5.91 Å². The molecule has 30 heavy (non-hydrogen) atoms. The van der Waals surface area contributed by atoms with Gasteiger partial charge in [0, 0.05) is 18.8 Å². The van der Waals surface area contributed by atoms with E-state index in [2.05, 4.69) is 5.32 Å². The summed E-state index contributed by atoms with van der Waals surface area (Å²) in [5.41, 5.74) is 1.52. The monoisotopic (exact) mass is 409 g/mol. The molecule has 2 aromatic carbocycles. The molecule has 1 fully saturated rings. The van der Waals surface area contributed by atoms with Gasteiger partial charge in [-0.3, -0.25) is 9.59 Å². The van der Waals surface area contributed by atoms with Crippen LogP contribution in [0.3, 0.4) is 0 Å². The third kappa shape index (κ3) is 4.50. The van der Waals surface area contributed by atoms with Crippen molar-refractivity contribution in [3.8, 4) is 11.5 Å². The summed E-state index contributed by atoms with van der Waals surface area (Å²) in [6.45, 7) is 2.04. The Morgan fingerprint density at radius 2 is 1.80 bits per heavy atom. The van der Waals surface area contributed by atoms with Gasteiger partial charge in [0.1, 0.15) is 11.5 Å². The molecule has 2 aliphatic rings. The van der Waals surface area contributed by atoms with Crippen LogP contribution in [0.2, 0.25) is 0 Å². The van der Waals surface area contributed by atoms with Crippen molar-refractivity contribution in [2.24, 2.45) is 0 Å². The van der Waals surface area contributed by atoms with Crippen molar-refractivity contribution >= 4 is 23.2 Å². The van der Waals surface area contributed by atoms with Crippen molar-refractivity contribution in [3.05, 3.63) is 48.5 Å². The van der Waals surface area contributed by atoms with Gasteiger partial charge in [-0.2, -0.15) is 0 Å². The number of hydrogen-bond acceptors (Lipinski definition) is 5. The number of likely N-dealkylation sites (tertiary alicyclic amines) is 1. The second kappa shape index (κ2) is 9.07. The fourth-order valence-electron chi connectivity index (χ4n) is 3.95. The maximum atomic E-state index is 13.0. The number of piperidine rings is 1. The zero-order valence-electron chi connectivity index (χ0n) is 17.2. The van der Waals surface area contributed by atoms with Crippen LogP contribution in [-0.2, 0) is 9.59 Å². The smallest absolute Gasteiger partial charge is 0.265 e. The Hall–Kier alpha value is -3.22. The molecule has 2 heterocycles. The minimum atomic E-state index is -0.605. The minimum absolute atomic E-state index is 0.00441. The summed E-state index contributed by atoms with van der Waals surface area (Å²) in [6, 6.07) is 14.7. The number of rotatable bonds is 5. The number of anilines is 2. The number of ether oxygens (including phenoxy) is 2. The Bertz CT molecular complexity index is 894. The van der Waals surface area contributed by atoms with Gasteiger partial charge in [0.05, 0.1) is 25.9 Å². The topological polar surface area (TPSA) is 71.1 Å². The molecule has 0 aromatic heterocycles. The minimum Gasteiger partial charge on any atom is -0.497 e. The first-order chi connectivity index (χ1) is 14.6. The predicted molar refractivity (Wildman–Crippen MR) is 115 cm³/mol. The third-order valence-electron chi connectivity index (χ3n) is 5.51. The summed E-state index contributed by atoms with van der Waals surface area (Å²) in [5, 5.41) is 2.91. The highest BCUT2D eigenvalue weighted by molar-refractivity contribution is 5.95. The van der Waals surface area contributed by atoms with Crippen LogP contribution in [0.5, 0.6) is 11.5 Å². The normalized spacial score (nSPS) is 18.2. The van der Waals surface area contributed by atoms with Gasteiger partial charge >= 0.3 is 0 Å². The molecule has 2 amide bonds. The molecule has 4 rings (SSSR count). The van der Waals surface area contributed by atoms with E-state index in [9.17, 15) is 9.59 Å². The highest BCUT2D eigenvalue weighted by Gasteiger charge is 2.34. The summed E-state index contributed by atoms with van der Waals surface area (Å²) in [4.78, 5) is 29.5. The van der Waals surface area contributed by atoms with E-state index in [0.717, 1.165) is 43.8 Å². The van der Waals surface area contributed by atoms with Gasteiger partial charge < -0.3 is 24.6 Å². The van der Waals surface area contributed by atoms with Crippen LogP contribution in [0, 0.1) is 0 Å². The number of para-hydroxylation sites is 2. The fourth-order valence-corrected chi connectivity index (χ4v) is 3.95. The van der Waals surface area contributed by atoms with Crippen LogP contribution in [0.1, 0.15) is 19.3 Å². The number of benzene rings is 2. The number of nitrogens with one attached hydrogen (secondary N) is 1. The van der Waals surface area contributed by atoms with Crippen molar-refractivity contribution < 1.29 is 19.1 Å². The van der Waals surface area contributed by atoms with E-state index in [-0.39, 0.29) is 18.4 Å². The maximum absolute atomic E-state index is 13.0. The quantitative estimate of drug-likeness (QED) is 0.822. The number of fused-ring (bicyclic) bond motifs is 1. The Balaban J connectivity index is 1.46. The summed E-state index contributed by atoms with van der Waals surface area (Å²) < 4.78 is 11.2. The number of hydrogen-bond donors (Lipinski definition) is 1. The molecule has 7 heteroatoms. The Labute approximate surface area is 176 Å². The lowest BCUT2D eigenvalue weighted by Crippen LogP contribution is -2.52. The second-order valence-corrected chi connectivity index (χ2v) is 7.62. The summed E-state index contributed by atoms with van der Waals surface area (Å²) >= 11 is 0. The van der Waals surface area contributed by atoms with E-state index in [1.54, 1.807) is 31.4 Å². The first kappa shape index (κ1) is 20.1. The van der Waals surface area contributed by atoms with Crippen LogP contribution >= 0.6 is 0 Å². The first-order valence-corrected chi connectivity index (χ1v) is 10.4. The van der Waals surface area contributed by atoms with Gasteiger partial charge in [-0.1, -0.05) is 12.1 Å². The molecule has 1 unspecified atom stereocenters. The molecule has 158 valence electrons. The van der Waals surface area contributed by atoms with Crippen LogP contribution in [0.15, 0.2) is 48.5 Å². The molecule has 1 atom stereocenters. The average Bonchev–Trinajstić information content (AvgIpc) is 2.79. The van der Waals surface area contributed by atoms with E-state index in [4.69, 9.17) is 9.47 Å². The van der Waals surface area contributed by atoms with Crippen molar-refractivity contribution in [3.63, 3.8) is 0 Å². The molecular weight excluding hydrogens is 382 g/mol. The van der Waals surface area contributed by atoms with E-state index in [1.165, 1.54) is 0 Å². The van der Waals surface area contributed by atoms with E-state index < -0.39 is 6.10 Å². The van der Waals surface area contributed by atoms with Gasteiger partial charge in [-0.15, -0.1) is 0 Å². The van der Waals surface area contributed by atoms with Crippen LogP contribution < -0.4 is 19.7 Å². The van der Waals surface area contributed by atoms with E-state index >= 15 is 0 Å². The first-order valence-electron chi connectivity index (χ1n) is 10.4. The van der Waals surface area contributed by atoms with Crippen molar-refractivity contribution in [1.82, 2.24) is 4.90 Å². The van der Waals surface area contributed by atoms with E-state index in [1.807, 2.05) is 34.1 Å². The third-order valence-corrected chi connectivity index (χ3v) is 5.51. The lowest BCUT2D eigenvalue weighted by Gasteiger charge is -2.38. The lowest BCUT2D eigenvalue weighted by molar-refractivity contribution is -0.139. The molecule has 0 saturated carbocycles. The zero-order chi connectivity index (χ0) is 20.9. The second-order valence-electron chi connectivity index (χ2n) is 7.62. The molecule has 0 radical (unpaired) electrons. The average molecular weight is 409 g/mol. The molecule has 1 saturated heterocycles. The number of carbonyl (C=O) groups is 2. The summed E-state index contributed by atoms with van der Waals surface area (Å²) in [5.74, 6) is 1.22. The highest BCUT2D eigenvalue weighted by atomic mass is 16.5. The van der Waals surface area contributed by atoms with Crippen LogP contribution in [0.4, 0.5) is 11.4 Å². The molecule has 1 N–H and O–H groups in total. The van der Waals surface area contributed by atoms with Crippen LogP contribution in [0.25, 0.3) is 0 Å². The summed E-state index contributed by atoms with van der Waals surface area (Å²) in [7, 11) is 1.60. The van der Waals surface area contributed by atoms with Crippen molar-refractivity contribution in [2.75, 3.05) is 43.5 Å². The fraction of sp³-hybridized carbons (Fsp3) is 0.391. The molecule has 0 bridgehead atoms. The molecular formula is C23H27N3O4. The van der Waals surface area contributed by atoms with Crippen molar-refractivity contribution in [2.45, 2.75) is 25.4 Å². The molecule has 0 aliphatic carbocycles. The Morgan fingerprint density at radius 3 is 2.53 bits per heavy atom. The van der Waals surface area contributed by atoms with Gasteiger partial charge in [0.25, 0.3) is 5.91 Å². The Morgan fingerprint density at radius 1 is 1.07 bits per heavy atom. The molecule has 2 aliphatic heterocycles. The number of amides is 2. The SMILES string of the molecule is COc1ccc(NC(=O)CN2CC(C(=O)N3CCCCC3)Oc3ccccc32)cc1. The summed E-state index contributed by atoms with van der Waals surface area (Å²) in [6.07, 6.45) is 2.62. The largest absolute Gasteiger partial charge is 0.497 e. The number of carbonyl (C=O) groups excluding carboxylic acids is 2. The molecule has 2 aromatic rings. The van der Waals surface area contributed by atoms with Crippen molar-refractivity contribution in [1.29, 1.82) is 0 Å². The van der Waals surface area contributed by atoms with Gasteiger partial charge in [-0.05, 0) is 55.7 Å². The highest BCUT2D eigenvalue weighted by Crippen LogP contribution is 2.33. The van der Waals surface area contributed by atoms with Crippen LogP contribution in [-0.4, -0.2) is 56.1 Å². The zero-order valence-corrected chi connectivity index (χ0v) is 17.2. The number of nitrogens with zero attached hydrogens (tertiary/aromatic N) is 2. The maximum Gasteiger partial charge on any atom is 0.265 e. The van der Waals surface area contributed by atoms with E-state index in [0.29, 0.717) is 18.0 Å². The van der Waals surface area contributed by atoms with Gasteiger partial charge in [0.15, 0.2) is 6.10 Å². The molecule has 0 spiro atoms. The Kier molecular flexibility index (Phi) is 6.07. The molecule has 7 nitrogen and oxygen atoms in total. The standard InChI is InChI=1S/C23H27N3O4/c1-29-18-11-9-17(10-12-18)24-22(27)16-26-15-21(23(28)25-13-5-2-6-14-25)30-20-8-4-3-7-19(20)26/h3-4,7-12,21H,2,5-6,13-16H2,1H3,(H,24,27). The number of methoxy groups -OCH3 is 1. The van der Waals surface area contributed by atoms with Gasteiger partial charge in [-0.25, -0.2) is 0 Å². The lowest BCUT2D eigenvalue weighted by atomic mass is 10.1. The predicted octanol–water partition coefficient (Wildman–Crippen LogP) is 2.91.